The highest BCUT2D eigenvalue weighted by atomic mass is 16.6. The maximum atomic E-state index is 12.9. The molecule has 68 heavy (non-hydrogen) atoms. The summed E-state index contributed by atoms with van der Waals surface area (Å²) >= 11 is 0. The third-order valence-corrected chi connectivity index (χ3v) is 11.8. The van der Waals surface area contributed by atoms with Gasteiger partial charge in [-0.05, 0) is 103 Å². The Hall–Kier alpha value is -3.44. The van der Waals surface area contributed by atoms with Gasteiger partial charge in [-0.25, -0.2) is 0 Å². The van der Waals surface area contributed by atoms with Gasteiger partial charge in [0.2, 0.25) is 0 Å². The van der Waals surface area contributed by atoms with Crippen LogP contribution in [0.2, 0.25) is 0 Å². The van der Waals surface area contributed by atoms with Crippen LogP contribution in [-0.4, -0.2) is 37.9 Å². The molecule has 1 unspecified atom stereocenters. The number of ether oxygens (including phenoxy) is 3. The largest absolute Gasteiger partial charge is 0.462 e. The third-order valence-electron chi connectivity index (χ3n) is 11.8. The minimum Gasteiger partial charge on any atom is -0.462 e. The van der Waals surface area contributed by atoms with Crippen LogP contribution in [-0.2, 0) is 23.8 Å². The van der Waals surface area contributed by atoms with Gasteiger partial charge in [0.15, 0.2) is 6.10 Å². The summed E-state index contributed by atoms with van der Waals surface area (Å²) in [4.78, 5) is 25.5. The van der Waals surface area contributed by atoms with E-state index in [1.54, 1.807) is 0 Å². The summed E-state index contributed by atoms with van der Waals surface area (Å²) in [6, 6.07) is 0. The molecule has 0 fully saturated rings. The lowest BCUT2D eigenvalue weighted by Gasteiger charge is -2.18. The van der Waals surface area contributed by atoms with Gasteiger partial charge in [0, 0.05) is 19.4 Å². The zero-order valence-electron chi connectivity index (χ0n) is 44.6. The van der Waals surface area contributed by atoms with E-state index in [0.29, 0.717) is 19.4 Å². The van der Waals surface area contributed by atoms with Gasteiger partial charge in [-0.1, -0.05) is 246 Å². The summed E-state index contributed by atoms with van der Waals surface area (Å²) < 4.78 is 17.4. The highest BCUT2D eigenvalue weighted by Gasteiger charge is 2.17. The minimum atomic E-state index is -0.575. The van der Waals surface area contributed by atoms with Crippen molar-refractivity contribution in [1.82, 2.24) is 0 Å². The Balaban J connectivity index is 4.40. The first-order valence-corrected chi connectivity index (χ1v) is 28.4. The molecule has 0 heterocycles. The molecular weight excluding hydrogens is 837 g/mol. The van der Waals surface area contributed by atoms with Crippen molar-refractivity contribution in [2.45, 2.75) is 258 Å². The second kappa shape index (κ2) is 57.9. The van der Waals surface area contributed by atoms with Gasteiger partial charge in [-0.3, -0.25) is 9.59 Å². The zero-order valence-corrected chi connectivity index (χ0v) is 44.6. The quantitative estimate of drug-likeness (QED) is 0.0345. The van der Waals surface area contributed by atoms with Crippen LogP contribution >= 0.6 is 0 Å². The molecule has 0 saturated carbocycles. The fraction of sp³-hybridized carbons (Fsp3) is 0.683. The number of unbranched alkanes of at least 4 members (excludes halogenated alkanes) is 22. The van der Waals surface area contributed by atoms with Crippen molar-refractivity contribution >= 4 is 11.9 Å². The van der Waals surface area contributed by atoms with Crippen LogP contribution in [0.5, 0.6) is 0 Å². The second-order valence-corrected chi connectivity index (χ2v) is 18.4. The lowest BCUT2D eigenvalue weighted by molar-refractivity contribution is -0.163. The Morgan fingerprint density at radius 3 is 1.06 bits per heavy atom. The molecule has 0 aromatic carbocycles. The maximum absolute atomic E-state index is 12.9. The van der Waals surface area contributed by atoms with Gasteiger partial charge in [-0.2, -0.15) is 0 Å². The molecule has 0 aliphatic heterocycles. The predicted octanol–water partition coefficient (Wildman–Crippen LogP) is 19.6. The molecule has 5 nitrogen and oxygen atoms in total. The summed E-state index contributed by atoms with van der Waals surface area (Å²) in [6.45, 7) is 7.49. The number of carbonyl (C=O) groups is 2. The molecule has 0 aromatic heterocycles. The fourth-order valence-electron chi connectivity index (χ4n) is 7.65. The number of carbonyl (C=O) groups excluding carboxylic acids is 2. The van der Waals surface area contributed by atoms with Gasteiger partial charge in [0.25, 0.3) is 0 Å². The fourth-order valence-corrected chi connectivity index (χ4v) is 7.65. The lowest BCUT2D eigenvalue weighted by Crippen LogP contribution is -2.30. The third kappa shape index (κ3) is 55.2. The van der Waals surface area contributed by atoms with Gasteiger partial charge in [0.1, 0.15) is 6.61 Å². The van der Waals surface area contributed by atoms with Crippen LogP contribution in [0.1, 0.15) is 252 Å². The number of hydrogen-bond donors (Lipinski definition) is 0. The number of hydrogen-bond acceptors (Lipinski definition) is 5. The van der Waals surface area contributed by atoms with E-state index in [4.69, 9.17) is 14.2 Å². The second-order valence-electron chi connectivity index (χ2n) is 18.4. The zero-order chi connectivity index (χ0) is 49.2. The molecular formula is C63H106O5. The van der Waals surface area contributed by atoms with Gasteiger partial charge < -0.3 is 14.2 Å². The molecule has 0 saturated heterocycles. The summed E-state index contributed by atoms with van der Waals surface area (Å²) in [5, 5.41) is 0. The monoisotopic (exact) mass is 943 g/mol. The Labute approximate surface area is 421 Å². The van der Waals surface area contributed by atoms with Crippen LogP contribution in [0.25, 0.3) is 0 Å². The van der Waals surface area contributed by atoms with E-state index < -0.39 is 6.10 Å². The highest BCUT2D eigenvalue weighted by Crippen LogP contribution is 2.15. The molecule has 0 spiro atoms. The number of rotatable bonds is 51. The molecule has 0 aliphatic rings. The van der Waals surface area contributed by atoms with E-state index in [2.05, 4.69) is 130 Å². The molecule has 388 valence electrons. The van der Waals surface area contributed by atoms with Crippen LogP contribution in [0.15, 0.2) is 109 Å². The van der Waals surface area contributed by atoms with Gasteiger partial charge >= 0.3 is 11.9 Å². The van der Waals surface area contributed by atoms with E-state index >= 15 is 0 Å². The first kappa shape index (κ1) is 64.6. The van der Waals surface area contributed by atoms with Crippen molar-refractivity contribution in [3.05, 3.63) is 109 Å². The molecule has 0 radical (unpaired) electrons. The summed E-state index contributed by atoms with van der Waals surface area (Å²) in [5.41, 5.74) is 0. The van der Waals surface area contributed by atoms with Crippen molar-refractivity contribution in [3.8, 4) is 0 Å². The predicted molar refractivity (Wildman–Crippen MR) is 297 cm³/mol. The van der Waals surface area contributed by atoms with Crippen LogP contribution in [0, 0.1) is 0 Å². The van der Waals surface area contributed by atoms with Crippen molar-refractivity contribution in [2.75, 3.05) is 19.8 Å². The van der Waals surface area contributed by atoms with Crippen molar-refractivity contribution in [2.24, 2.45) is 0 Å². The normalized spacial score (nSPS) is 13.0. The van der Waals surface area contributed by atoms with Crippen LogP contribution in [0.4, 0.5) is 0 Å². The highest BCUT2D eigenvalue weighted by molar-refractivity contribution is 5.70. The first-order valence-electron chi connectivity index (χ1n) is 28.4. The average Bonchev–Trinajstić information content (AvgIpc) is 3.34. The lowest BCUT2D eigenvalue weighted by atomic mass is 10.0. The number of allylic oxidation sites excluding steroid dienone is 18. The molecule has 0 N–H and O–H groups in total. The van der Waals surface area contributed by atoms with Crippen molar-refractivity contribution in [3.63, 3.8) is 0 Å². The van der Waals surface area contributed by atoms with E-state index in [1.807, 2.05) is 0 Å². The van der Waals surface area contributed by atoms with Crippen LogP contribution < -0.4 is 0 Å². The smallest absolute Gasteiger partial charge is 0.306 e. The van der Waals surface area contributed by atoms with E-state index in [1.165, 1.54) is 96.3 Å². The maximum Gasteiger partial charge on any atom is 0.306 e. The minimum absolute atomic E-state index is 0.0511. The summed E-state index contributed by atoms with van der Waals surface area (Å²) in [5.74, 6) is -0.447. The first-order chi connectivity index (χ1) is 33.6. The van der Waals surface area contributed by atoms with E-state index in [-0.39, 0.29) is 25.2 Å². The summed E-state index contributed by atoms with van der Waals surface area (Å²) in [7, 11) is 0. The molecule has 0 rings (SSSR count). The average molecular weight is 944 g/mol. The Morgan fingerprint density at radius 1 is 0.338 bits per heavy atom. The van der Waals surface area contributed by atoms with Gasteiger partial charge in [-0.15, -0.1) is 0 Å². The number of esters is 2. The molecule has 1 atom stereocenters. The van der Waals surface area contributed by atoms with Crippen LogP contribution in [0.3, 0.4) is 0 Å². The van der Waals surface area contributed by atoms with Gasteiger partial charge in [0.05, 0.1) is 6.61 Å². The summed E-state index contributed by atoms with van der Waals surface area (Å²) in [6.07, 6.45) is 79.7. The SMILES string of the molecule is CC/C=C\C/C=C\C/C=C\C/C=C\C/C=C\CCCCOCC(COC(=O)CCCCCC/C=C\C/C=C\C/C=C\C/C=C\CC)OC(=O)CCCCCCCCCCCCCCCCCCC. The van der Waals surface area contributed by atoms with E-state index in [9.17, 15) is 9.59 Å². The van der Waals surface area contributed by atoms with Crippen molar-refractivity contribution < 1.29 is 23.8 Å². The molecule has 0 aromatic rings. The molecule has 0 aliphatic carbocycles. The standard InChI is InChI=1S/C63H106O5/c1-4-7-10-13-16-19-22-25-28-31-34-37-40-43-46-49-52-55-58-66-59-61(68-63(65)57-54-51-48-45-42-39-36-33-30-27-24-21-18-15-12-9-6-3)60-67-62(64)56-53-50-47-44-41-38-35-32-29-26-23-20-17-14-11-8-5-2/h7-8,10-11,16-17,19-20,25-26,28-29,34-35,37-38,43,46,61H,4-6,9,12-15,18,21-24,27,30-33,36,39-42,44-45,47-60H2,1-3H3/b10-7-,11-8-,19-16-,20-17-,28-25-,29-26-,37-34-,38-35-,46-43-. The Morgan fingerprint density at radius 2 is 0.662 bits per heavy atom. The topological polar surface area (TPSA) is 61.8 Å². The Kier molecular flexibility index (Phi) is 54.9. The molecule has 5 heteroatoms. The molecule has 0 amide bonds. The molecule has 0 bridgehead atoms. The van der Waals surface area contributed by atoms with E-state index in [0.717, 1.165) is 122 Å². The Bertz CT molecular complexity index is 1340. The van der Waals surface area contributed by atoms with Crippen molar-refractivity contribution in [1.29, 1.82) is 0 Å².